The molecule has 0 bridgehead atoms. The van der Waals surface area contributed by atoms with Gasteiger partial charge in [0.2, 0.25) is 10.0 Å². The molecule has 0 aliphatic carbocycles. The molecule has 0 aliphatic heterocycles. The lowest BCUT2D eigenvalue weighted by molar-refractivity contribution is -0.119. The van der Waals surface area contributed by atoms with Crippen LogP contribution in [0, 0.1) is 0 Å². The van der Waals surface area contributed by atoms with Crippen molar-refractivity contribution in [2.45, 2.75) is 51.0 Å². The molecule has 19 heavy (non-hydrogen) atoms. The monoisotopic (exact) mass is 283 g/mol. The van der Waals surface area contributed by atoms with Crippen LogP contribution in [-0.4, -0.2) is 20.2 Å². The second-order valence-corrected chi connectivity index (χ2v) is 6.27. The molecule has 0 aliphatic rings. The van der Waals surface area contributed by atoms with Crippen LogP contribution in [0.15, 0.2) is 29.2 Å². The first-order chi connectivity index (χ1) is 8.90. The van der Waals surface area contributed by atoms with Crippen LogP contribution in [0.1, 0.15) is 39.2 Å². The summed E-state index contributed by atoms with van der Waals surface area (Å²) in [5.74, 6) is -0.119. The lowest BCUT2D eigenvalue weighted by Crippen LogP contribution is -2.38. The normalized spacial score (nSPS) is 13.2. The molecule has 1 unspecified atom stereocenters. The summed E-state index contributed by atoms with van der Waals surface area (Å²) in [6.07, 6.45) is 2.27. The van der Waals surface area contributed by atoms with E-state index in [0.29, 0.717) is 6.42 Å². The van der Waals surface area contributed by atoms with E-state index in [2.05, 4.69) is 11.6 Å². The van der Waals surface area contributed by atoms with Crippen LogP contribution in [0.3, 0.4) is 0 Å². The van der Waals surface area contributed by atoms with E-state index in [1.54, 1.807) is 26.0 Å². The molecule has 4 nitrogen and oxygen atoms in total. The van der Waals surface area contributed by atoms with Crippen molar-refractivity contribution in [2.24, 2.45) is 0 Å². The Balaban J connectivity index is 2.85. The van der Waals surface area contributed by atoms with Crippen LogP contribution in [0.4, 0.5) is 0 Å². The number of hydrogen-bond donors (Lipinski definition) is 1. The number of rotatable bonds is 7. The number of ketones is 1. The Morgan fingerprint density at radius 2 is 1.79 bits per heavy atom. The third kappa shape index (κ3) is 4.44. The molecule has 0 heterocycles. The van der Waals surface area contributed by atoms with Crippen molar-refractivity contribution in [2.75, 3.05) is 0 Å². The van der Waals surface area contributed by atoms with E-state index in [9.17, 15) is 13.2 Å². The fourth-order valence-corrected chi connectivity index (χ4v) is 3.02. The molecule has 1 atom stereocenters. The van der Waals surface area contributed by atoms with Gasteiger partial charge in [0.05, 0.1) is 10.9 Å². The number of sulfonamides is 1. The topological polar surface area (TPSA) is 63.2 Å². The SMILES string of the molecule is CCCc1ccc(S(=O)(=O)NC(C)C(=O)CC)cc1. The van der Waals surface area contributed by atoms with Gasteiger partial charge in [-0.1, -0.05) is 32.4 Å². The van der Waals surface area contributed by atoms with Crippen LogP contribution in [-0.2, 0) is 21.2 Å². The molecule has 0 spiro atoms. The van der Waals surface area contributed by atoms with E-state index in [4.69, 9.17) is 0 Å². The average Bonchev–Trinajstić information content (AvgIpc) is 2.38. The predicted molar refractivity (Wildman–Crippen MR) is 75.5 cm³/mol. The van der Waals surface area contributed by atoms with Gasteiger partial charge in [0, 0.05) is 6.42 Å². The summed E-state index contributed by atoms with van der Waals surface area (Å²) in [4.78, 5) is 11.6. The summed E-state index contributed by atoms with van der Waals surface area (Å²) >= 11 is 0. The summed E-state index contributed by atoms with van der Waals surface area (Å²) in [6, 6.07) is 6.09. The smallest absolute Gasteiger partial charge is 0.241 e. The highest BCUT2D eigenvalue weighted by atomic mass is 32.2. The first-order valence-electron chi connectivity index (χ1n) is 6.54. The largest absolute Gasteiger partial charge is 0.298 e. The molecule has 1 rings (SSSR count). The van der Waals surface area contributed by atoms with E-state index < -0.39 is 16.1 Å². The van der Waals surface area contributed by atoms with Crippen molar-refractivity contribution in [1.82, 2.24) is 4.72 Å². The third-order valence-corrected chi connectivity index (χ3v) is 4.49. The van der Waals surface area contributed by atoms with Crippen LogP contribution < -0.4 is 4.72 Å². The highest BCUT2D eigenvalue weighted by molar-refractivity contribution is 7.89. The molecule has 0 saturated heterocycles. The molecule has 1 N–H and O–H groups in total. The molecule has 0 fully saturated rings. The number of Topliss-reactive ketones (excluding diaryl/α,β-unsaturated/α-hetero) is 1. The Hall–Kier alpha value is -1.20. The minimum absolute atomic E-state index is 0.119. The zero-order chi connectivity index (χ0) is 14.5. The molecule has 1 aromatic rings. The Labute approximate surface area is 115 Å². The molecular formula is C14H21NO3S. The van der Waals surface area contributed by atoms with Crippen molar-refractivity contribution < 1.29 is 13.2 Å². The Kier molecular flexibility index (Phi) is 5.69. The minimum atomic E-state index is -3.62. The lowest BCUT2D eigenvalue weighted by Gasteiger charge is -2.12. The summed E-state index contributed by atoms with van der Waals surface area (Å²) in [6.45, 7) is 5.35. The van der Waals surface area contributed by atoms with E-state index in [1.165, 1.54) is 0 Å². The molecule has 1 aromatic carbocycles. The molecular weight excluding hydrogens is 262 g/mol. The first kappa shape index (κ1) is 15.9. The zero-order valence-electron chi connectivity index (χ0n) is 11.6. The van der Waals surface area contributed by atoms with Gasteiger partial charge in [0.25, 0.3) is 0 Å². The van der Waals surface area contributed by atoms with Gasteiger partial charge < -0.3 is 0 Å². The summed E-state index contributed by atoms with van der Waals surface area (Å²) < 4.78 is 26.5. The Bertz CT molecular complexity index is 520. The van der Waals surface area contributed by atoms with Crippen molar-refractivity contribution >= 4 is 15.8 Å². The number of aryl methyl sites for hydroxylation is 1. The molecule has 0 amide bonds. The maximum absolute atomic E-state index is 12.1. The van der Waals surface area contributed by atoms with Crippen molar-refractivity contribution in [3.63, 3.8) is 0 Å². The number of carbonyl (C=O) groups excluding carboxylic acids is 1. The molecule has 5 heteroatoms. The van der Waals surface area contributed by atoms with Crippen molar-refractivity contribution in [3.8, 4) is 0 Å². The van der Waals surface area contributed by atoms with Gasteiger partial charge in [0.1, 0.15) is 5.78 Å². The van der Waals surface area contributed by atoms with Gasteiger partial charge in [0.15, 0.2) is 0 Å². The number of nitrogens with one attached hydrogen (secondary N) is 1. The van der Waals surface area contributed by atoms with E-state index >= 15 is 0 Å². The second-order valence-electron chi connectivity index (χ2n) is 4.56. The van der Waals surface area contributed by atoms with Crippen LogP contribution in [0.25, 0.3) is 0 Å². The van der Waals surface area contributed by atoms with E-state index in [1.807, 2.05) is 12.1 Å². The van der Waals surface area contributed by atoms with Gasteiger partial charge in [-0.2, -0.15) is 0 Å². The van der Waals surface area contributed by atoms with Crippen LogP contribution in [0.2, 0.25) is 0 Å². The first-order valence-corrected chi connectivity index (χ1v) is 8.03. The van der Waals surface area contributed by atoms with Gasteiger partial charge in [-0.15, -0.1) is 0 Å². The van der Waals surface area contributed by atoms with Gasteiger partial charge in [-0.3, -0.25) is 4.79 Å². The Morgan fingerprint density at radius 3 is 2.26 bits per heavy atom. The van der Waals surface area contributed by atoms with Crippen molar-refractivity contribution in [1.29, 1.82) is 0 Å². The van der Waals surface area contributed by atoms with Crippen LogP contribution in [0.5, 0.6) is 0 Å². The molecule has 106 valence electrons. The van der Waals surface area contributed by atoms with E-state index in [-0.39, 0.29) is 10.7 Å². The fraction of sp³-hybridized carbons (Fsp3) is 0.500. The number of hydrogen-bond acceptors (Lipinski definition) is 3. The number of carbonyl (C=O) groups is 1. The second kappa shape index (κ2) is 6.82. The van der Waals surface area contributed by atoms with Gasteiger partial charge in [-0.05, 0) is 31.0 Å². The highest BCUT2D eigenvalue weighted by Gasteiger charge is 2.20. The summed E-state index contributed by atoms with van der Waals surface area (Å²) in [7, 11) is -3.62. The zero-order valence-corrected chi connectivity index (χ0v) is 12.5. The van der Waals surface area contributed by atoms with Gasteiger partial charge >= 0.3 is 0 Å². The maximum Gasteiger partial charge on any atom is 0.241 e. The fourth-order valence-electron chi connectivity index (χ4n) is 1.80. The molecule has 0 saturated carbocycles. The van der Waals surface area contributed by atoms with E-state index in [0.717, 1.165) is 18.4 Å². The molecule has 0 aromatic heterocycles. The summed E-state index contributed by atoms with van der Waals surface area (Å²) in [5.41, 5.74) is 1.11. The van der Waals surface area contributed by atoms with Crippen molar-refractivity contribution in [3.05, 3.63) is 29.8 Å². The third-order valence-electron chi connectivity index (χ3n) is 2.94. The van der Waals surface area contributed by atoms with Gasteiger partial charge in [-0.25, -0.2) is 13.1 Å². The predicted octanol–water partition coefficient (Wildman–Crippen LogP) is 2.29. The van der Waals surface area contributed by atoms with Crippen LogP contribution >= 0.6 is 0 Å². The standard InChI is InChI=1S/C14H21NO3S/c1-4-6-12-7-9-13(10-8-12)19(17,18)15-11(3)14(16)5-2/h7-11,15H,4-6H2,1-3H3. The Morgan fingerprint density at radius 1 is 1.21 bits per heavy atom. The molecule has 0 radical (unpaired) electrons. The minimum Gasteiger partial charge on any atom is -0.298 e. The summed E-state index contributed by atoms with van der Waals surface area (Å²) in [5, 5.41) is 0. The lowest BCUT2D eigenvalue weighted by atomic mass is 10.1. The number of benzene rings is 1. The average molecular weight is 283 g/mol. The quantitative estimate of drug-likeness (QED) is 0.835. The highest BCUT2D eigenvalue weighted by Crippen LogP contribution is 2.12. The maximum atomic E-state index is 12.1.